The summed E-state index contributed by atoms with van der Waals surface area (Å²) in [4.78, 5) is 14.0. The number of hydrogen-bond donors (Lipinski definition) is 2. The van der Waals surface area contributed by atoms with E-state index in [1.807, 2.05) is 42.5 Å². The Morgan fingerprint density at radius 1 is 0.889 bits per heavy atom. The molecule has 6 nitrogen and oxygen atoms in total. The van der Waals surface area contributed by atoms with Gasteiger partial charge in [0.2, 0.25) is 5.88 Å². The second-order valence-corrected chi connectivity index (χ2v) is 9.18. The monoisotopic (exact) mass is 509 g/mol. The van der Waals surface area contributed by atoms with E-state index in [0.29, 0.717) is 29.6 Å². The van der Waals surface area contributed by atoms with Gasteiger partial charge in [0.25, 0.3) is 0 Å². The van der Waals surface area contributed by atoms with E-state index in [2.05, 4.69) is 11.9 Å². The molecule has 0 aliphatic heterocycles. The predicted molar refractivity (Wildman–Crippen MR) is 139 cm³/mol. The molecule has 1 aromatic heterocycles. The Hall–Kier alpha value is -3.78. The van der Waals surface area contributed by atoms with Crippen molar-refractivity contribution in [3.8, 4) is 39.3 Å². The van der Waals surface area contributed by atoms with Crippen molar-refractivity contribution in [3.05, 3.63) is 87.8 Å². The maximum Gasteiger partial charge on any atom is 0.307 e. The minimum atomic E-state index is -0.296. The third-order valence-corrected chi connectivity index (χ3v) is 6.33. The lowest BCUT2D eigenvalue weighted by Gasteiger charge is -2.14. The van der Waals surface area contributed by atoms with Crippen molar-refractivity contribution in [2.75, 3.05) is 13.2 Å². The van der Waals surface area contributed by atoms with Crippen LogP contribution in [0, 0.1) is 5.82 Å². The van der Waals surface area contributed by atoms with Crippen LogP contribution in [-0.4, -0.2) is 23.3 Å². The average molecular weight is 510 g/mol. The van der Waals surface area contributed by atoms with Crippen molar-refractivity contribution in [1.82, 2.24) is 4.98 Å². The van der Waals surface area contributed by atoms with Gasteiger partial charge in [-0.1, -0.05) is 24.7 Å². The number of halogens is 1. The molecule has 188 valence electrons. The standard InChI is InChI=1S/C28H28FNO5S/c1-2-5-20-18-24(35-23-12-8-21(29)9-13-23)14-15-25(20)34-17-4-3-16-33-22-10-6-19(7-11-22)26-27(31)30-28(32)36-26/h6-15,18,31H,2-5,16-17H2,1H3,(H,30,32). The largest absolute Gasteiger partial charge is 0.494 e. The van der Waals surface area contributed by atoms with Gasteiger partial charge in [-0.05, 0) is 97.1 Å². The lowest BCUT2D eigenvalue weighted by Crippen LogP contribution is -2.04. The average Bonchev–Trinajstić information content (AvgIpc) is 3.22. The van der Waals surface area contributed by atoms with Crippen molar-refractivity contribution in [1.29, 1.82) is 0 Å². The van der Waals surface area contributed by atoms with E-state index >= 15 is 0 Å². The molecule has 0 saturated carbocycles. The molecule has 1 heterocycles. The zero-order valence-electron chi connectivity index (χ0n) is 20.0. The van der Waals surface area contributed by atoms with Gasteiger partial charge in [-0.3, -0.25) is 9.78 Å². The number of hydrogen-bond acceptors (Lipinski definition) is 6. The van der Waals surface area contributed by atoms with Gasteiger partial charge >= 0.3 is 4.87 Å². The fourth-order valence-corrected chi connectivity index (χ4v) is 4.39. The molecule has 0 bridgehead atoms. The molecule has 2 N–H and O–H groups in total. The maximum absolute atomic E-state index is 13.1. The van der Waals surface area contributed by atoms with E-state index in [-0.39, 0.29) is 16.6 Å². The van der Waals surface area contributed by atoms with Gasteiger partial charge in [-0.2, -0.15) is 0 Å². The molecular formula is C28H28FNO5S. The Labute approximate surface area is 212 Å². The fraction of sp³-hybridized carbons (Fsp3) is 0.250. The summed E-state index contributed by atoms with van der Waals surface area (Å²) in [5.74, 6) is 2.43. The Morgan fingerprint density at radius 2 is 1.56 bits per heavy atom. The summed E-state index contributed by atoms with van der Waals surface area (Å²) in [6, 6.07) is 19.0. The summed E-state index contributed by atoms with van der Waals surface area (Å²) in [5.41, 5.74) is 1.83. The molecule has 0 unspecified atom stereocenters. The third kappa shape index (κ3) is 6.88. The Kier molecular flexibility index (Phi) is 8.62. The van der Waals surface area contributed by atoms with Gasteiger partial charge in [0, 0.05) is 0 Å². The molecule has 0 spiro atoms. The lowest BCUT2D eigenvalue weighted by molar-refractivity contribution is 0.265. The van der Waals surface area contributed by atoms with Crippen molar-refractivity contribution < 1.29 is 23.7 Å². The molecule has 4 aromatic rings. The summed E-state index contributed by atoms with van der Waals surface area (Å²) in [7, 11) is 0. The van der Waals surface area contributed by atoms with Crippen molar-refractivity contribution in [2.24, 2.45) is 0 Å². The minimum Gasteiger partial charge on any atom is -0.494 e. The first-order chi connectivity index (χ1) is 17.5. The minimum absolute atomic E-state index is 0.115. The van der Waals surface area contributed by atoms with Crippen LogP contribution < -0.4 is 19.1 Å². The first-order valence-corrected chi connectivity index (χ1v) is 12.7. The predicted octanol–water partition coefficient (Wildman–Crippen LogP) is 6.93. The number of benzene rings is 3. The van der Waals surface area contributed by atoms with Crippen LogP contribution in [0.4, 0.5) is 4.39 Å². The number of unbranched alkanes of at least 4 members (excludes halogenated alkanes) is 1. The van der Waals surface area contributed by atoms with E-state index in [9.17, 15) is 14.3 Å². The Balaban J connectivity index is 1.22. The maximum atomic E-state index is 13.1. The van der Waals surface area contributed by atoms with Gasteiger partial charge in [-0.15, -0.1) is 0 Å². The second-order valence-electron chi connectivity index (χ2n) is 8.20. The summed E-state index contributed by atoms with van der Waals surface area (Å²) in [6.45, 7) is 3.24. The van der Waals surface area contributed by atoms with Gasteiger partial charge in [0.1, 0.15) is 28.8 Å². The third-order valence-electron chi connectivity index (χ3n) is 5.41. The summed E-state index contributed by atoms with van der Waals surface area (Å²) in [6.07, 6.45) is 3.51. The zero-order chi connectivity index (χ0) is 25.3. The highest BCUT2D eigenvalue weighted by molar-refractivity contribution is 7.13. The number of ether oxygens (including phenoxy) is 3. The molecule has 0 amide bonds. The smallest absolute Gasteiger partial charge is 0.307 e. The molecule has 4 rings (SSSR count). The summed E-state index contributed by atoms with van der Waals surface area (Å²) in [5, 5.41) is 9.78. The van der Waals surface area contributed by atoms with Crippen LogP contribution in [0.15, 0.2) is 71.5 Å². The van der Waals surface area contributed by atoms with E-state index in [0.717, 1.165) is 59.6 Å². The van der Waals surface area contributed by atoms with Gasteiger partial charge in [-0.25, -0.2) is 4.39 Å². The van der Waals surface area contributed by atoms with Gasteiger partial charge in [0.05, 0.1) is 18.1 Å². The Morgan fingerprint density at radius 3 is 2.22 bits per heavy atom. The molecular weight excluding hydrogens is 481 g/mol. The van der Waals surface area contributed by atoms with Crippen LogP contribution >= 0.6 is 11.3 Å². The SMILES string of the molecule is CCCc1cc(Oc2ccc(F)cc2)ccc1OCCCCOc1ccc(-c2sc(=O)[nH]c2O)cc1. The normalized spacial score (nSPS) is 10.8. The molecule has 0 radical (unpaired) electrons. The highest BCUT2D eigenvalue weighted by atomic mass is 32.1. The van der Waals surface area contributed by atoms with Gasteiger partial charge < -0.3 is 19.3 Å². The molecule has 8 heteroatoms. The first-order valence-electron chi connectivity index (χ1n) is 11.9. The number of aromatic amines is 1. The fourth-order valence-electron chi connectivity index (χ4n) is 3.66. The number of rotatable bonds is 12. The van der Waals surface area contributed by atoms with Crippen LogP contribution in [0.5, 0.6) is 28.9 Å². The molecule has 3 aromatic carbocycles. The Bertz CT molecular complexity index is 1320. The molecule has 0 saturated heterocycles. The van der Waals surface area contributed by atoms with E-state index in [1.54, 1.807) is 12.1 Å². The van der Waals surface area contributed by atoms with Gasteiger partial charge in [0.15, 0.2) is 0 Å². The number of aromatic hydroxyl groups is 1. The van der Waals surface area contributed by atoms with Crippen LogP contribution in [0.2, 0.25) is 0 Å². The number of aromatic nitrogens is 1. The number of thiazole rings is 1. The number of nitrogens with one attached hydrogen (secondary N) is 1. The summed E-state index contributed by atoms with van der Waals surface area (Å²) >= 11 is 0.968. The molecule has 0 aliphatic carbocycles. The summed E-state index contributed by atoms with van der Waals surface area (Å²) < 4.78 is 30.8. The second kappa shape index (κ2) is 12.3. The highest BCUT2D eigenvalue weighted by Crippen LogP contribution is 2.31. The molecule has 0 fully saturated rings. The molecule has 0 atom stereocenters. The zero-order valence-corrected chi connectivity index (χ0v) is 20.8. The van der Waals surface area contributed by atoms with Crippen LogP contribution in [0.1, 0.15) is 31.7 Å². The van der Waals surface area contributed by atoms with Crippen molar-refractivity contribution >= 4 is 11.3 Å². The highest BCUT2D eigenvalue weighted by Gasteiger charge is 2.10. The number of aryl methyl sites for hydroxylation is 1. The van der Waals surface area contributed by atoms with Crippen LogP contribution in [0.25, 0.3) is 10.4 Å². The quantitative estimate of drug-likeness (QED) is 0.202. The topological polar surface area (TPSA) is 80.8 Å². The van der Waals surface area contributed by atoms with E-state index < -0.39 is 0 Å². The van der Waals surface area contributed by atoms with Crippen LogP contribution in [0.3, 0.4) is 0 Å². The first kappa shape index (κ1) is 25.3. The molecule has 36 heavy (non-hydrogen) atoms. The van der Waals surface area contributed by atoms with Crippen molar-refractivity contribution in [3.63, 3.8) is 0 Å². The van der Waals surface area contributed by atoms with Crippen molar-refractivity contribution in [2.45, 2.75) is 32.6 Å². The van der Waals surface area contributed by atoms with Crippen LogP contribution in [-0.2, 0) is 6.42 Å². The number of H-pyrrole nitrogens is 1. The van der Waals surface area contributed by atoms with E-state index in [4.69, 9.17) is 14.2 Å². The van der Waals surface area contributed by atoms with E-state index in [1.165, 1.54) is 12.1 Å². The lowest BCUT2D eigenvalue weighted by atomic mass is 10.1. The molecule has 0 aliphatic rings.